The smallest absolute Gasteiger partial charge is 0.230 e. The molecule has 3 heterocycles. The molecule has 1 atom stereocenters. The monoisotopic (exact) mass is 318 g/mol. The second-order valence-electron chi connectivity index (χ2n) is 8.03. The van der Waals surface area contributed by atoms with Gasteiger partial charge in [-0.3, -0.25) is 4.90 Å². The number of nitrogens with zero attached hydrogens (tertiary/aromatic N) is 4. The van der Waals surface area contributed by atoms with Crippen molar-refractivity contribution < 1.29 is 4.42 Å². The first kappa shape index (κ1) is 15.6. The van der Waals surface area contributed by atoms with Crippen molar-refractivity contribution in [2.24, 2.45) is 11.8 Å². The van der Waals surface area contributed by atoms with Gasteiger partial charge >= 0.3 is 0 Å². The summed E-state index contributed by atoms with van der Waals surface area (Å²) in [6.07, 6.45) is 7.88. The van der Waals surface area contributed by atoms with Crippen molar-refractivity contribution in [1.29, 1.82) is 0 Å². The largest absolute Gasteiger partial charge is 0.424 e. The number of hydrogen-bond acceptors (Lipinski definition) is 5. The van der Waals surface area contributed by atoms with Gasteiger partial charge in [-0.2, -0.15) is 0 Å². The van der Waals surface area contributed by atoms with Crippen LogP contribution in [-0.4, -0.2) is 52.7 Å². The summed E-state index contributed by atoms with van der Waals surface area (Å²) in [4.78, 5) is 5.21. The molecule has 128 valence electrons. The molecule has 1 saturated carbocycles. The summed E-state index contributed by atoms with van der Waals surface area (Å²) < 4.78 is 5.83. The summed E-state index contributed by atoms with van der Waals surface area (Å²) in [7, 11) is 0. The van der Waals surface area contributed by atoms with Crippen molar-refractivity contribution in [3.8, 4) is 0 Å². The van der Waals surface area contributed by atoms with Crippen LogP contribution in [0, 0.1) is 11.8 Å². The molecule has 0 radical (unpaired) electrons. The van der Waals surface area contributed by atoms with E-state index in [1.807, 2.05) is 0 Å². The minimum atomic E-state index is 0.562. The summed E-state index contributed by atoms with van der Waals surface area (Å²) in [6.45, 7) is 9.47. The van der Waals surface area contributed by atoms with E-state index < -0.39 is 0 Å². The fourth-order valence-corrected chi connectivity index (χ4v) is 4.07. The Morgan fingerprint density at radius 3 is 2.61 bits per heavy atom. The lowest BCUT2D eigenvalue weighted by Gasteiger charge is -2.37. The molecule has 5 heteroatoms. The first-order valence-corrected chi connectivity index (χ1v) is 9.53. The van der Waals surface area contributed by atoms with Gasteiger partial charge in [-0.15, -0.1) is 10.2 Å². The average molecular weight is 318 g/mol. The van der Waals surface area contributed by atoms with Crippen molar-refractivity contribution in [3.63, 3.8) is 0 Å². The molecule has 5 nitrogen and oxygen atoms in total. The Bertz CT molecular complexity index is 505. The van der Waals surface area contributed by atoms with E-state index in [0.717, 1.165) is 30.2 Å². The highest BCUT2D eigenvalue weighted by atomic mass is 16.4. The fraction of sp³-hybridized carbons (Fsp3) is 0.889. The molecule has 1 aliphatic carbocycles. The summed E-state index contributed by atoms with van der Waals surface area (Å²) in [5.74, 6) is 3.98. The van der Waals surface area contributed by atoms with Crippen molar-refractivity contribution in [2.75, 3.05) is 32.7 Å². The molecule has 0 unspecified atom stereocenters. The first-order chi connectivity index (χ1) is 11.3. The minimum absolute atomic E-state index is 0.562. The van der Waals surface area contributed by atoms with Gasteiger partial charge in [0.2, 0.25) is 11.8 Å². The molecule has 4 rings (SSSR count). The van der Waals surface area contributed by atoms with Crippen molar-refractivity contribution in [2.45, 2.75) is 57.9 Å². The molecule has 2 aliphatic heterocycles. The Kier molecular flexibility index (Phi) is 4.67. The van der Waals surface area contributed by atoms with E-state index in [4.69, 9.17) is 4.42 Å². The number of rotatable bonds is 5. The molecule has 0 spiro atoms. The van der Waals surface area contributed by atoms with E-state index >= 15 is 0 Å². The lowest BCUT2D eigenvalue weighted by atomic mass is 9.94. The van der Waals surface area contributed by atoms with Crippen LogP contribution >= 0.6 is 0 Å². The van der Waals surface area contributed by atoms with Crippen LogP contribution < -0.4 is 0 Å². The first-order valence-electron chi connectivity index (χ1n) is 9.53. The molecule has 3 aliphatic rings. The molecule has 23 heavy (non-hydrogen) atoms. The highest BCUT2D eigenvalue weighted by Gasteiger charge is 2.30. The Labute approximate surface area is 139 Å². The maximum absolute atomic E-state index is 5.83. The predicted octanol–water partition coefficient (Wildman–Crippen LogP) is 2.89. The Morgan fingerprint density at radius 2 is 1.83 bits per heavy atom. The van der Waals surface area contributed by atoms with Crippen LogP contribution in [0.5, 0.6) is 0 Å². The Balaban J connectivity index is 1.26. The number of hydrogen-bond donors (Lipinski definition) is 0. The highest BCUT2D eigenvalue weighted by Crippen LogP contribution is 2.39. The normalized spacial score (nSPS) is 28.3. The van der Waals surface area contributed by atoms with E-state index in [0.29, 0.717) is 5.92 Å². The van der Waals surface area contributed by atoms with Crippen LogP contribution in [0.25, 0.3) is 0 Å². The molecule has 0 amide bonds. The van der Waals surface area contributed by atoms with Crippen molar-refractivity contribution in [1.82, 2.24) is 20.0 Å². The van der Waals surface area contributed by atoms with Crippen LogP contribution in [0.3, 0.4) is 0 Å². The van der Waals surface area contributed by atoms with Gasteiger partial charge in [0.25, 0.3) is 0 Å². The molecule has 1 aromatic heterocycles. The van der Waals surface area contributed by atoms with E-state index in [1.54, 1.807) is 0 Å². The van der Waals surface area contributed by atoms with Crippen molar-refractivity contribution >= 4 is 0 Å². The van der Waals surface area contributed by atoms with Gasteiger partial charge in [0.15, 0.2) is 0 Å². The number of aromatic nitrogens is 2. The van der Waals surface area contributed by atoms with Crippen molar-refractivity contribution in [3.05, 3.63) is 11.8 Å². The van der Waals surface area contributed by atoms with Crippen LogP contribution in [0.15, 0.2) is 4.42 Å². The van der Waals surface area contributed by atoms with E-state index in [2.05, 4.69) is 26.9 Å². The zero-order valence-corrected chi connectivity index (χ0v) is 14.4. The van der Waals surface area contributed by atoms with Gasteiger partial charge in [-0.25, -0.2) is 0 Å². The molecule has 0 N–H and O–H groups in total. The van der Waals surface area contributed by atoms with Crippen LogP contribution in [-0.2, 0) is 6.54 Å². The lowest BCUT2D eigenvalue weighted by Crippen LogP contribution is -2.43. The molecule has 0 bridgehead atoms. The third-order valence-electron chi connectivity index (χ3n) is 5.76. The quantitative estimate of drug-likeness (QED) is 0.835. The Morgan fingerprint density at radius 1 is 1.00 bits per heavy atom. The van der Waals surface area contributed by atoms with Crippen LogP contribution in [0.4, 0.5) is 0 Å². The van der Waals surface area contributed by atoms with Gasteiger partial charge < -0.3 is 9.32 Å². The number of likely N-dealkylation sites (tertiary alicyclic amines) is 2. The summed E-state index contributed by atoms with van der Waals surface area (Å²) in [5, 5.41) is 8.46. The lowest BCUT2D eigenvalue weighted by molar-refractivity contribution is 0.103. The van der Waals surface area contributed by atoms with Gasteiger partial charge in [-0.05, 0) is 70.0 Å². The summed E-state index contributed by atoms with van der Waals surface area (Å²) in [6, 6.07) is 0. The Hall–Kier alpha value is -0.940. The summed E-state index contributed by atoms with van der Waals surface area (Å²) >= 11 is 0. The average Bonchev–Trinajstić information content (AvgIpc) is 3.30. The fourth-order valence-electron chi connectivity index (χ4n) is 4.07. The van der Waals surface area contributed by atoms with Gasteiger partial charge in [0.05, 0.1) is 6.54 Å². The molecule has 0 aromatic carbocycles. The van der Waals surface area contributed by atoms with E-state index in [9.17, 15) is 0 Å². The van der Waals surface area contributed by atoms with Gasteiger partial charge in [0, 0.05) is 19.0 Å². The maximum Gasteiger partial charge on any atom is 0.230 e. The third kappa shape index (κ3) is 4.13. The van der Waals surface area contributed by atoms with Gasteiger partial charge in [-0.1, -0.05) is 6.92 Å². The molecule has 3 fully saturated rings. The molecule has 2 saturated heterocycles. The standard InChI is InChI=1S/C18H30N4O/c1-14-6-9-21(10-7-14)11-15-3-2-8-22(12-15)13-17-19-20-18(23-17)16-4-5-16/h14-16H,2-13H2,1H3/t15-/m1/s1. The van der Waals surface area contributed by atoms with Crippen LogP contribution in [0.1, 0.15) is 63.1 Å². The highest BCUT2D eigenvalue weighted by molar-refractivity contribution is 5.00. The van der Waals surface area contributed by atoms with E-state index in [-0.39, 0.29) is 0 Å². The summed E-state index contributed by atoms with van der Waals surface area (Å²) in [5.41, 5.74) is 0. The molecule has 1 aromatic rings. The zero-order valence-electron chi connectivity index (χ0n) is 14.4. The SMILES string of the molecule is CC1CCN(C[C@H]2CCCN(Cc3nnc(C4CC4)o3)C2)CC1. The molecular formula is C18H30N4O. The number of piperidine rings is 2. The van der Waals surface area contributed by atoms with E-state index in [1.165, 1.54) is 71.2 Å². The topological polar surface area (TPSA) is 45.4 Å². The second kappa shape index (κ2) is 6.89. The predicted molar refractivity (Wildman–Crippen MR) is 89.1 cm³/mol. The second-order valence-corrected chi connectivity index (χ2v) is 8.03. The minimum Gasteiger partial charge on any atom is -0.424 e. The maximum atomic E-state index is 5.83. The molecular weight excluding hydrogens is 288 g/mol. The van der Waals surface area contributed by atoms with Crippen LogP contribution in [0.2, 0.25) is 0 Å². The van der Waals surface area contributed by atoms with Gasteiger partial charge in [0.1, 0.15) is 0 Å². The zero-order chi connectivity index (χ0) is 15.6. The third-order valence-corrected chi connectivity index (χ3v) is 5.76.